The van der Waals surface area contributed by atoms with Crippen molar-refractivity contribution >= 4 is 5.97 Å². The molecule has 3 nitrogen and oxygen atoms in total. The summed E-state index contributed by atoms with van der Waals surface area (Å²) in [4.78, 5) is 11.0. The number of rotatable bonds is 9. The normalized spacial score (nSPS) is 14.8. The molecule has 3 heteroatoms. The van der Waals surface area contributed by atoms with Crippen molar-refractivity contribution < 1.29 is 9.90 Å². The molecule has 24 heavy (non-hydrogen) atoms. The van der Waals surface area contributed by atoms with Gasteiger partial charge in [-0.25, -0.2) is 0 Å². The first kappa shape index (κ1) is 18.2. The predicted molar refractivity (Wildman–Crippen MR) is 98.3 cm³/mol. The van der Waals surface area contributed by atoms with Gasteiger partial charge in [-0.05, 0) is 36.8 Å². The van der Waals surface area contributed by atoms with E-state index in [2.05, 4.69) is 55.6 Å². The number of carboxylic acids is 1. The van der Waals surface area contributed by atoms with Gasteiger partial charge in [-0.2, -0.15) is 0 Å². The first-order valence-electron chi connectivity index (χ1n) is 8.63. The first-order chi connectivity index (χ1) is 11.6. The van der Waals surface area contributed by atoms with Crippen LogP contribution in [0.5, 0.6) is 0 Å². The van der Waals surface area contributed by atoms with Crippen LogP contribution in [0.15, 0.2) is 60.7 Å². The maximum atomic E-state index is 11.0. The average molecular weight is 325 g/mol. The number of carbonyl (C=O) groups is 1. The fraction of sp³-hybridized carbons (Fsp3) is 0.381. The summed E-state index contributed by atoms with van der Waals surface area (Å²) in [6.07, 6.45) is 1.67. The van der Waals surface area contributed by atoms with Gasteiger partial charge < -0.3 is 10.4 Å². The maximum absolute atomic E-state index is 11.0. The van der Waals surface area contributed by atoms with Crippen molar-refractivity contribution in [2.75, 3.05) is 0 Å². The molecule has 0 aliphatic carbocycles. The molecular formula is C21H27NO2. The fourth-order valence-electron chi connectivity index (χ4n) is 3.00. The molecule has 2 aromatic rings. The molecule has 0 spiro atoms. The van der Waals surface area contributed by atoms with Crippen LogP contribution in [-0.2, 0) is 11.2 Å². The van der Waals surface area contributed by atoms with Gasteiger partial charge in [0.2, 0.25) is 0 Å². The van der Waals surface area contributed by atoms with E-state index in [-0.39, 0.29) is 18.5 Å². The zero-order valence-electron chi connectivity index (χ0n) is 14.5. The lowest BCUT2D eigenvalue weighted by molar-refractivity contribution is -0.137. The monoisotopic (exact) mass is 325 g/mol. The fourth-order valence-corrected chi connectivity index (χ4v) is 3.00. The Balaban J connectivity index is 2.01. The number of benzene rings is 2. The second kappa shape index (κ2) is 9.24. The first-order valence-corrected chi connectivity index (χ1v) is 8.63. The van der Waals surface area contributed by atoms with E-state index < -0.39 is 5.97 Å². The SMILES string of the molecule is CC(NC(CCC(=O)O)Cc1ccccc1)C(C)c1ccccc1. The Hall–Kier alpha value is -2.13. The molecule has 0 bridgehead atoms. The molecular weight excluding hydrogens is 298 g/mol. The second-order valence-corrected chi connectivity index (χ2v) is 6.47. The molecule has 3 atom stereocenters. The van der Waals surface area contributed by atoms with Crippen LogP contribution in [0.3, 0.4) is 0 Å². The van der Waals surface area contributed by atoms with Gasteiger partial charge in [0.25, 0.3) is 0 Å². The molecule has 0 radical (unpaired) electrons. The molecule has 0 saturated carbocycles. The highest BCUT2D eigenvalue weighted by Gasteiger charge is 2.19. The van der Waals surface area contributed by atoms with Crippen LogP contribution < -0.4 is 5.32 Å². The van der Waals surface area contributed by atoms with Crippen LogP contribution in [-0.4, -0.2) is 23.2 Å². The van der Waals surface area contributed by atoms with Gasteiger partial charge in [-0.15, -0.1) is 0 Å². The topological polar surface area (TPSA) is 49.3 Å². The van der Waals surface area contributed by atoms with E-state index in [9.17, 15) is 4.79 Å². The van der Waals surface area contributed by atoms with Crippen molar-refractivity contribution in [2.24, 2.45) is 0 Å². The molecule has 0 saturated heterocycles. The largest absolute Gasteiger partial charge is 0.481 e. The lowest BCUT2D eigenvalue weighted by atomic mass is 9.92. The van der Waals surface area contributed by atoms with Crippen LogP contribution in [0.1, 0.15) is 43.7 Å². The molecule has 0 aliphatic rings. The molecule has 0 amide bonds. The summed E-state index contributed by atoms with van der Waals surface area (Å²) in [7, 11) is 0. The summed E-state index contributed by atoms with van der Waals surface area (Å²) in [5.41, 5.74) is 2.54. The van der Waals surface area contributed by atoms with Crippen molar-refractivity contribution in [1.82, 2.24) is 5.32 Å². The summed E-state index contributed by atoms with van der Waals surface area (Å²) in [5, 5.41) is 12.7. The Morgan fingerprint density at radius 3 is 2.17 bits per heavy atom. The van der Waals surface area contributed by atoms with Crippen LogP contribution in [0.4, 0.5) is 0 Å². The molecule has 0 fully saturated rings. The highest BCUT2D eigenvalue weighted by Crippen LogP contribution is 2.20. The molecule has 0 heterocycles. The van der Waals surface area contributed by atoms with Gasteiger partial charge in [0, 0.05) is 18.5 Å². The van der Waals surface area contributed by atoms with E-state index in [0.717, 1.165) is 6.42 Å². The standard InChI is InChI=1S/C21H27NO2/c1-16(19-11-7-4-8-12-19)17(2)22-20(13-14-21(23)24)15-18-9-5-3-6-10-18/h3-12,16-17,20,22H,13-15H2,1-2H3,(H,23,24). The maximum Gasteiger partial charge on any atom is 0.303 e. The highest BCUT2D eigenvalue weighted by molar-refractivity contribution is 5.66. The minimum absolute atomic E-state index is 0.157. The number of aliphatic carboxylic acids is 1. The van der Waals surface area contributed by atoms with Crippen molar-refractivity contribution in [1.29, 1.82) is 0 Å². The van der Waals surface area contributed by atoms with Crippen LogP contribution >= 0.6 is 0 Å². The Bertz CT molecular complexity index is 612. The van der Waals surface area contributed by atoms with E-state index in [1.807, 2.05) is 24.3 Å². The third-order valence-corrected chi connectivity index (χ3v) is 4.61. The molecule has 0 aliphatic heterocycles. The van der Waals surface area contributed by atoms with Crippen molar-refractivity contribution in [3.63, 3.8) is 0 Å². The second-order valence-electron chi connectivity index (χ2n) is 6.47. The molecule has 3 unspecified atom stereocenters. The summed E-state index contributed by atoms with van der Waals surface area (Å²) in [5.74, 6) is -0.368. The van der Waals surface area contributed by atoms with Gasteiger partial charge in [0.05, 0.1) is 0 Å². The third kappa shape index (κ3) is 5.82. The van der Waals surface area contributed by atoms with Crippen molar-refractivity contribution in [2.45, 2.75) is 51.1 Å². The third-order valence-electron chi connectivity index (χ3n) is 4.61. The van der Waals surface area contributed by atoms with E-state index >= 15 is 0 Å². The number of carboxylic acid groups (broad SMARTS) is 1. The number of hydrogen-bond donors (Lipinski definition) is 2. The lowest BCUT2D eigenvalue weighted by Gasteiger charge is -2.28. The van der Waals surface area contributed by atoms with Crippen LogP contribution in [0.25, 0.3) is 0 Å². The van der Waals surface area contributed by atoms with Crippen molar-refractivity contribution in [3.8, 4) is 0 Å². The molecule has 2 aromatic carbocycles. The molecule has 2 rings (SSSR count). The van der Waals surface area contributed by atoms with Crippen LogP contribution in [0.2, 0.25) is 0 Å². The minimum Gasteiger partial charge on any atom is -0.481 e. The summed E-state index contributed by atoms with van der Waals surface area (Å²) in [6.45, 7) is 4.39. The quantitative estimate of drug-likeness (QED) is 0.725. The molecule has 128 valence electrons. The van der Waals surface area contributed by atoms with E-state index in [0.29, 0.717) is 12.3 Å². The number of nitrogens with one attached hydrogen (secondary N) is 1. The number of hydrogen-bond acceptors (Lipinski definition) is 2. The predicted octanol–water partition coefficient (Wildman–Crippen LogP) is 4.24. The van der Waals surface area contributed by atoms with E-state index in [1.165, 1.54) is 11.1 Å². The summed E-state index contributed by atoms with van der Waals surface area (Å²) in [6, 6.07) is 21.1. The van der Waals surface area contributed by atoms with Gasteiger partial charge in [-0.1, -0.05) is 67.6 Å². The van der Waals surface area contributed by atoms with Crippen LogP contribution in [0, 0.1) is 0 Å². The summed E-state index contributed by atoms with van der Waals surface area (Å²) < 4.78 is 0. The Labute approximate surface area is 144 Å². The van der Waals surface area contributed by atoms with Crippen molar-refractivity contribution in [3.05, 3.63) is 71.8 Å². The van der Waals surface area contributed by atoms with E-state index in [1.54, 1.807) is 0 Å². The van der Waals surface area contributed by atoms with Gasteiger partial charge in [0.15, 0.2) is 0 Å². The Kier molecular flexibility index (Phi) is 7.01. The highest BCUT2D eigenvalue weighted by atomic mass is 16.4. The Morgan fingerprint density at radius 1 is 1.00 bits per heavy atom. The Morgan fingerprint density at radius 2 is 1.58 bits per heavy atom. The zero-order chi connectivity index (χ0) is 17.4. The van der Waals surface area contributed by atoms with Gasteiger partial charge >= 0.3 is 5.97 Å². The van der Waals surface area contributed by atoms with Gasteiger partial charge in [0.1, 0.15) is 0 Å². The van der Waals surface area contributed by atoms with Gasteiger partial charge in [-0.3, -0.25) is 4.79 Å². The minimum atomic E-state index is -0.737. The smallest absolute Gasteiger partial charge is 0.303 e. The zero-order valence-corrected chi connectivity index (χ0v) is 14.5. The average Bonchev–Trinajstić information content (AvgIpc) is 2.60. The lowest BCUT2D eigenvalue weighted by Crippen LogP contribution is -2.41. The van der Waals surface area contributed by atoms with E-state index in [4.69, 9.17) is 5.11 Å². The summed E-state index contributed by atoms with van der Waals surface area (Å²) >= 11 is 0. The molecule has 0 aromatic heterocycles. The molecule has 2 N–H and O–H groups in total.